The lowest BCUT2D eigenvalue weighted by Gasteiger charge is -2.09. The van der Waals surface area contributed by atoms with Gasteiger partial charge in [-0.2, -0.15) is 0 Å². The molecule has 0 aliphatic rings. The lowest BCUT2D eigenvalue weighted by atomic mass is 10.2. The van der Waals surface area contributed by atoms with Gasteiger partial charge in [0.1, 0.15) is 23.9 Å². The van der Waals surface area contributed by atoms with Crippen LogP contribution in [0.1, 0.15) is 26.5 Å². The third-order valence-electron chi connectivity index (χ3n) is 3.98. The number of nitrogens with zero attached hydrogens (tertiary/aromatic N) is 1. The molecule has 8 heteroatoms. The molecule has 2 N–H and O–H groups in total. The monoisotopic (exact) mass is 395 g/mol. The first-order valence-electron chi connectivity index (χ1n) is 8.96. The van der Waals surface area contributed by atoms with Crippen molar-refractivity contribution >= 4 is 11.8 Å². The molecule has 0 spiro atoms. The van der Waals surface area contributed by atoms with Crippen LogP contribution in [0, 0.1) is 0 Å². The van der Waals surface area contributed by atoms with Crippen LogP contribution in [-0.2, 0) is 6.54 Å². The molecule has 0 saturated carbocycles. The molecule has 8 nitrogen and oxygen atoms in total. The molecule has 0 saturated heterocycles. The lowest BCUT2D eigenvalue weighted by molar-refractivity contribution is 0.0946. The Bertz CT molecular complexity index is 939. The fraction of sp³-hybridized carbons (Fsp3) is 0.190. The number of pyridine rings is 1. The normalized spacial score (nSPS) is 10.2. The van der Waals surface area contributed by atoms with E-state index in [1.54, 1.807) is 43.5 Å². The highest BCUT2D eigenvalue weighted by atomic mass is 16.5. The number of nitrogens with one attached hydrogen (secondary N) is 2. The van der Waals surface area contributed by atoms with Gasteiger partial charge < -0.3 is 24.5 Å². The topological polar surface area (TPSA) is 103 Å². The van der Waals surface area contributed by atoms with Crippen molar-refractivity contribution in [3.63, 3.8) is 0 Å². The van der Waals surface area contributed by atoms with Crippen molar-refractivity contribution in [1.29, 1.82) is 0 Å². The summed E-state index contributed by atoms with van der Waals surface area (Å²) in [6, 6.07) is 12.2. The van der Waals surface area contributed by atoms with Gasteiger partial charge >= 0.3 is 0 Å². The van der Waals surface area contributed by atoms with Crippen molar-refractivity contribution in [2.75, 3.05) is 20.3 Å². The maximum Gasteiger partial charge on any atom is 0.253 e. The molecular weight excluding hydrogens is 374 g/mol. The van der Waals surface area contributed by atoms with Gasteiger partial charge in [-0.15, -0.1) is 0 Å². The fourth-order valence-electron chi connectivity index (χ4n) is 2.48. The van der Waals surface area contributed by atoms with Crippen LogP contribution >= 0.6 is 0 Å². The number of aromatic nitrogens is 1. The van der Waals surface area contributed by atoms with E-state index in [1.165, 1.54) is 24.7 Å². The van der Waals surface area contributed by atoms with E-state index in [0.717, 1.165) is 5.75 Å². The van der Waals surface area contributed by atoms with Crippen LogP contribution in [0.3, 0.4) is 0 Å². The SMILES string of the molecule is COc1ccc(OCCNC(=O)c2cncc(C(=O)NCc3ccco3)c2)cc1. The number of amides is 2. The summed E-state index contributed by atoms with van der Waals surface area (Å²) in [7, 11) is 1.60. The summed E-state index contributed by atoms with van der Waals surface area (Å²) in [5.74, 6) is 1.38. The average molecular weight is 395 g/mol. The first-order valence-corrected chi connectivity index (χ1v) is 8.96. The van der Waals surface area contributed by atoms with Crippen LogP contribution in [0.15, 0.2) is 65.5 Å². The van der Waals surface area contributed by atoms with E-state index in [4.69, 9.17) is 13.9 Å². The third kappa shape index (κ3) is 5.83. The Kier molecular flexibility index (Phi) is 6.83. The van der Waals surface area contributed by atoms with Gasteiger partial charge in [0.05, 0.1) is 37.6 Å². The molecule has 2 amide bonds. The number of carbonyl (C=O) groups excluding carboxylic acids is 2. The molecule has 0 aliphatic heterocycles. The number of hydrogen-bond acceptors (Lipinski definition) is 6. The minimum absolute atomic E-state index is 0.255. The predicted molar refractivity (Wildman–Crippen MR) is 105 cm³/mol. The molecule has 1 aromatic carbocycles. The van der Waals surface area contributed by atoms with Crippen LogP contribution in [0.5, 0.6) is 11.5 Å². The van der Waals surface area contributed by atoms with Gasteiger partial charge in [-0.3, -0.25) is 14.6 Å². The second-order valence-electron chi connectivity index (χ2n) is 6.00. The van der Waals surface area contributed by atoms with E-state index in [0.29, 0.717) is 35.8 Å². The van der Waals surface area contributed by atoms with Crippen molar-refractivity contribution < 1.29 is 23.5 Å². The lowest BCUT2D eigenvalue weighted by Crippen LogP contribution is -2.29. The van der Waals surface area contributed by atoms with E-state index in [9.17, 15) is 9.59 Å². The van der Waals surface area contributed by atoms with Crippen LogP contribution < -0.4 is 20.1 Å². The number of methoxy groups -OCH3 is 1. The maximum atomic E-state index is 12.3. The van der Waals surface area contributed by atoms with Gasteiger partial charge in [-0.1, -0.05) is 0 Å². The van der Waals surface area contributed by atoms with Crippen molar-refractivity contribution in [2.45, 2.75) is 6.54 Å². The minimum Gasteiger partial charge on any atom is -0.497 e. The summed E-state index contributed by atoms with van der Waals surface area (Å²) in [6.45, 7) is 0.861. The standard InChI is InChI=1S/C21H21N3O5/c1-27-17-4-6-18(7-5-17)29-10-8-23-20(25)15-11-16(13-22-12-15)21(26)24-14-19-3-2-9-28-19/h2-7,9,11-13H,8,10,14H2,1H3,(H,23,25)(H,24,26). The maximum absolute atomic E-state index is 12.3. The number of furan rings is 1. The quantitative estimate of drug-likeness (QED) is 0.540. The van der Waals surface area contributed by atoms with Gasteiger partial charge in [0.15, 0.2) is 0 Å². The van der Waals surface area contributed by atoms with Crippen molar-refractivity contribution in [1.82, 2.24) is 15.6 Å². The van der Waals surface area contributed by atoms with Crippen molar-refractivity contribution in [3.8, 4) is 11.5 Å². The van der Waals surface area contributed by atoms with Crippen LogP contribution in [0.2, 0.25) is 0 Å². The summed E-state index contributed by atoms with van der Waals surface area (Å²) < 4.78 is 15.8. The smallest absolute Gasteiger partial charge is 0.253 e. The Balaban J connectivity index is 1.46. The largest absolute Gasteiger partial charge is 0.497 e. The first kappa shape index (κ1) is 19.9. The average Bonchev–Trinajstić information content (AvgIpc) is 3.29. The molecule has 0 unspecified atom stereocenters. The molecule has 0 bridgehead atoms. The van der Waals surface area contributed by atoms with Crippen molar-refractivity contribution in [3.05, 3.63) is 78.0 Å². The minimum atomic E-state index is -0.341. The molecule has 0 atom stereocenters. The van der Waals surface area contributed by atoms with E-state index in [1.807, 2.05) is 0 Å². The number of hydrogen-bond donors (Lipinski definition) is 2. The molecule has 3 rings (SSSR count). The van der Waals surface area contributed by atoms with E-state index >= 15 is 0 Å². The predicted octanol–water partition coefficient (Wildman–Crippen LogP) is 2.42. The molecule has 0 aliphatic carbocycles. The Morgan fingerprint density at radius 1 is 1.00 bits per heavy atom. The zero-order chi connectivity index (χ0) is 20.5. The summed E-state index contributed by atoms with van der Waals surface area (Å²) >= 11 is 0. The molecule has 2 heterocycles. The van der Waals surface area contributed by atoms with Crippen LogP contribution in [0.4, 0.5) is 0 Å². The Morgan fingerprint density at radius 3 is 2.34 bits per heavy atom. The molecular formula is C21H21N3O5. The summed E-state index contributed by atoms with van der Waals surface area (Å²) in [6.07, 6.45) is 4.34. The number of carbonyl (C=O) groups is 2. The highest BCUT2D eigenvalue weighted by Crippen LogP contribution is 2.16. The Hall–Kier alpha value is -3.81. The van der Waals surface area contributed by atoms with Gasteiger partial charge in [0, 0.05) is 12.4 Å². The second-order valence-corrected chi connectivity index (χ2v) is 6.00. The first-order chi connectivity index (χ1) is 14.2. The van der Waals surface area contributed by atoms with E-state index in [2.05, 4.69) is 15.6 Å². The number of rotatable bonds is 9. The highest BCUT2D eigenvalue weighted by molar-refractivity contribution is 5.99. The van der Waals surface area contributed by atoms with Crippen LogP contribution in [0.25, 0.3) is 0 Å². The van der Waals surface area contributed by atoms with Gasteiger partial charge in [0.25, 0.3) is 11.8 Å². The number of ether oxygens (including phenoxy) is 2. The molecule has 150 valence electrons. The summed E-state index contributed by atoms with van der Waals surface area (Å²) in [5.41, 5.74) is 0.582. The van der Waals surface area contributed by atoms with Gasteiger partial charge in [0.2, 0.25) is 0 Å². The molecule has 2 aromatic heterocycles. The molecule has 0 radical (unpaired) electrons. The fourth-order valence-corrected chi connectivity index (χ4v) is 2.48. The van der Waals surface area contributed by atoms with Gasteiger partial charge in [-0.05, 0) is 42.5 Å². The summed E-state index contributed by atoms with van der Waals surface area (Å²) in [4.78, 5) is 28.5. The van der Waals surface area contributed by atoms with Crippen molar-refractivity contribution in [2.24, 2.45) is 0 Å². The number of benzene rings is 1. The van der Waals surface area contributed by atoms with E-state index in [-0.39, 0.29) is 18.4 Å². The Labute approximate surface area is 167 Å². The van der Waals surface area contributed by atoms with Gasteiger partial charge in [-0.25, -0.2) is 0 Å². The summed E-state index contributed by atoms with van der Waals surface area (Å²) in [5, 5.41) is 5.45. The van der Waals surface area contributed by atoms with Crippen LogP contribution in [-0.4, -0.2) is 37.1 Å². The zero-order valence-electron chi connectivity index (χ0n) is 15.9. The molecule has 3 aromatic rings. The third-order valence-corrected chi connectivity index (χ3v) is 3.98. The molecule has 29 heavy (non-hydrogen) atoms. The molecule has 0 fully saturated rings. The Morgan fingerprint density at radius 2 is 1.69 bits per heavy atom. The second kappa shape index (κ2) is 9.93. The highest BCUT2D eigenvalue weighted by Gasteiger charge is 2.11. The van der Waals surface area contributed by atoms with E-state index < -0.39 is 0 Å². The zero-order valence-corrected chi connectivity index (χ0v) is 15.9.